The summed E-state index contributed by atoms with van der Waals surface area (Å²) < 4.78 is 7.56. The first-order valence-corrected chi connectivity index (χ1v) is 8.03. The third-order valence-corrected chi connectivity index (χ3v) is 4.25. The maximum atomic E-state index is 12.1. The summed E-state index contributed by atoms with van der Waals surface area (Å²) in [5.74, 6) is -0.430. The molecule has 0 unspecified atom stereocenters. The van der Waals surface area contributed by atoms with Gasteiger partial charge in [0.2, 0.25) is 0 Å². The molecule has 0 saturated carbocycles. The molecular formula is C17H13IN2O3. The van der Waals surface area contributed by atoms with Crippen LogP contribution in [0.2, 0.25) is 0 Å². The number of nitrogens with zero attached hydrogens (tertiary/aromatic N) is 2. The third kappa shape index (κ3) is 3.42. The third-order valence-electron chi connectivity index (χ3n) is 3.31. The van der Waals surface area contributed by atoms with E-state index in [9.17, 15) is 9.59 Å². The second-order valence-electron chi connectivity index (χ2n) is 5.08. The molecule has 0 aliphatic carbocycles. The Balaban J connectivity index is 1.82. The van der Waals surface area contributed by atoms with Gasteiger partial charge in [0.15, 0.2) is 0 Å². The van der Waals surface area contributed by atoms with E-state index in [1.165, 1.54) is 10.5 Å². The zero-order chi connectivity index (χ0) is 16.4. The monoisotopic (exact) mass is 420 g/mol. The fraction of sp³-hybridized carbons (Fsp3) is 0.118. The average Bonchev–Trinajstić information content (AvgIpc) is 2.54. The second kappa shape index (κ2) is 6.49. The minimum Gasteiger partial charge on any atom is -0.456 e. The SMILES string of the molecule is Cc1ccc2nc(COC(=O)c3ccccc3I)cc(=O)n2c1. The standard InChI is InChI=1S/C17H13IN2O3/c1-11-6-7-15-19-12(8-16(21)20(15)9-11)10-23-17(22)13-4-2-3-5-14(13)18/h2-9H,10H2,1H3. The van der Waals surface area contributed by atoms with Gasteiger partial charge in [-0.3, -0.25) is 9.20 Å². The van der Waals surface area contributed by atoms with Crippen LogP contribution in [0.5, 0.6) is 0 Å². The summed E-state index contributed by atoms with van der Waals surface area (Å²) >= 11 is 2.08. The molecule has 23 heavy (non-hydrogen) atoms. The summed E-state index contributed by atoms with van der Waals surface area (Å²) in [6.45, 7) is 1.87. The number of aryl methyl sites for hydroxylation is 1. The van der Waals surface area contributed by atoms with Crippen molar-refractivity contribution in [2.45, 2.75) is 13.5 Å². The Kier molecular flexibility index (Phi) is 4.42. The van der Waals surface area contributed by atoms with Gasteiger partial charge >= 0.3 is 5.97 Å². The number of halogens is 1. The topological polar surface area (TPSA) is 60.7 Å². The van der Waals surface area contributed by atoms with E-state index < -0.39 is 5.97 Å². The lowest BCUT2D eigenvalue weighted by Crippen LogP contribution is -2.17. The van der Waals surface area contributed by atoms with Gasteiger partial charge in [0.1, 0.15) is 12.3 Å². The number of rotatable bonds is 3. The lowest BCUT2D eigenvalue weighted by molar-refractivity contribution is 0.0466. The summed E-state index contributed by atoms with van der Waals surface area (Å²) in [5, 5.41) is 0. The molecule has 5 nitrogen and oxygen atoms in total. The zero-order valence-electron chi connectivity index (χ0n) is 12.3. The van der Waals surface area contributed by atoms with E-state index in [-0.39, 0.29) is 12.2 Å². The molecule has 1 aromatic carbocycles. The predicted octanol–water partition coefficient (Wildman–Crippen LogP) is 2.96. The molecule has 3 aromatic rings. The Hall–Kier alpha value is -2.22. The number of carbonyl (C=O) groups is 1. The lowest BCUT2D eigenvalue weighted by Gasteiger charge is -2.07. The molecule has 0 radical (unpaired) electrons. The maximum Gasteiger partial charge on any atom is 0.339 e. The van der Waals surface area contributed by atoms with E-state index in [0.717, 1.165) is 9.13 Å². The highest BCUT2D eigenvalue weighted by Gasteiger charge is 2.12. The van der Waals surface area contributed by atoms with Crippen LogP contribution < -0.4 is 5.56 Å². The fourth-order valence-electron chi connectivity index (χ4n) is 2.18. The second-order valence-corrected chi connectivity index (χ2v) is 6.24. The lowest BCUT2D eigenvalue weighted by atomic mass is 10.2. The molecule has 0 fully saturated rings. The minimum atomic E-state index is -0.430. The van der Waals surface area contributed by atoms with Gasteiger partial charge in [0, 0.05) is 15.8 Å². The summed E-state index contributed by atoms with van der Waals surface area (Å²) in [5.41, 5.74) is 2.24. The van der Waals surface area contributed by atoms with Crippen LogP contribution in [0.3, 0.4) is 0 Å². The van der Waals surface area contributed by atoms with Crippen molar-refractivity contribution in [3.63, 3.8) is 0 Å². The van der Waals surface area contributed by atoms with Crippen LogP contribution in [0.25, 0.3) is 5.65 Å². The molecule has 2 aromatic heterocycles. The normalized spacial score (nSPS) is 10.7. The summed E-state index contributed by atoms with van der Waals surface area (Å²) in [7, 11) is 0. The number of hydrogen-bond acceptors (Lipinski definition) is 4. The first-order valence-electron chi connectivity index (χ1n) is 6.95. The van der Waals surface area contributed by atoms with Gasteiger partial charge in [-0.1, -0.05) is 18.2 Å². The Morgan fingerprint density at radius 1 is 1.26 bits per heavy atom. The fourth-order valence-corrected chi connectivity index (χ4v) is 2.78. The number of pyridine rings is 1. The zero-order valence-corrected chi connectivity index (χ0v) is 14.5. The number of fused-ring (bicyclic) bond motifs is 1. The van der Waals surface area contributed by atoms with Gasteiger partial charge in [-0.05, 0) is 53.3 Å². The van der Waals surface area contributed by atoms with Gasteiger partial charge in [0.25, 0.3) is 5.56 Å². The molecule has 6 heteroatoms. The van der Waals surface area contributed by atoms with Crippen molar-refractivity contribution in [2.75, 3.05) is 0 Å². The highest BCUT2D eigenvalue weighted by molar-refractivity contribution is 14.1. The number of hydrogen-bond donors (Lipinski definition) is 0. The molecule has 0 saturated heterocycles. The highest BCUT2D eigenvalue weighted by atomic mass is 127. The molecule has 116 valence electrons. The largest absolute Gasteiger partial charge is 0.456 e. The van der Waals surface area contributed by atoms with E-state index in [1.807, 2.05) is 25.1 Å². The number of ether oxygens (including phenoxy) is 1. The van der Waals surface area contributed by atoms with Gasteiger partial charge in [0.05, 0.1) is 11.3 Å². The number of benzene rings is 1. The van der Waals surface area contributed by atoms with Crippen LogP contribution in [-0.4, -0.2) is 15.4 Å². The highest BCUT2D eigenvalue weighted by Crippen LogP contribution is 2.13. The van der Waals surface area contributed by atoms with Gasteiger partial charge < -0.3 is 4.74 Å². The van der Waals surface area contributed by atoms with Crippen molar-refractivity contribution < 1.29 is 9.53 Å². The molecule has 0 N–H and O–H groups in total. The average molecular weight is 420 g/mol. The molecular weight excluding hydrogens is 407 g/mol. The van der Waals surface area contributed by atoms with Crippen molar-refractivity contribution in [1.82, 2.24) is 9.38 Å². The first kappa shape index (κ1) is 15.7. The van der Waals surface area contributed by atoms with E-state index in [2.05, 4.69) is 27.6 Å². The molecule has 2 heterocycles. The number of carbonyl (C=O) groups excluding carboxylic acids is 1. The van der Waals surface area contributed by atoms with Crippen molar-refractivity contribution in [2.24, 2.45) is 0 Å². The van der Waals surface area contributed by atoms with Crippen LogP contribution >= 0.6 is 22.6 Å². The first-order chi connectivity index (χ1) is 11.0. The molecule has 0 amide bonds. The van der Waals surface area contributed by atoms with Crippen LogP contribution in [0, 0.1) is 10.5 Å². The summed E-state index contributed by atoms with van der Waals surface area (Å²) in [6, 6.07) is 12.2. The number of aromatic nitrogens is 2. The van der Waals surface area contributed by atoms with Crippen LogP contribution in [0.1, 0.15) is 21.6 Å². The van der Waals surface area contributed by atoms with Crippen LogP contribution in [0.4, 0.5) is 0 Å². The van der Waals surface area contributed by atoms with Crippen molar-refractivity contribution in [1.29, 1.82) is 0 Å². The Bertz CT molecular complexity index is 950. The van der Waals surface area contributed by atoms with Crippen LogP contribution in [0.15, 0.2) is 53.5 Å². The smallest absolute Gasteiger partial charge is 0.339 e. The van der Waals surface area contributed by atoms with Gasteiger partial charge in [-0.15, -0.1) is 0 Å². The van der Waals surface area contributed by atoms with E-state index in [1.54, 1.807) is 24.4 Å². The number of esters is 1. The molecule has 0 spiro atoms. The Morgan fingerprint density at radius 3 is 2.83 bits per heavy atom. The molecule has 0 bridgehead atoms. The van der Waals surface area contributed by atoms with Gasteiger partial charge in [-0.2, -0.15) is 0 Å². The molecule has 0 aliphatic rings. The molecule has 0 aliphatic heterocycles. The van der Waals surface area contributed by atoms with Crippen LogP contribution in [-0.2, 0) is 11.3 Å². The van der Waals surface area contributed by atoms with Crippen molar-refractivity contribution in [3.05, 3.63) is 79.4 Å². The van der Waals surface area contributed by atoms with E-state index >= 15 is 0 Å². The molecule has 3 rings (SSSR count). The van der Waals surface area contributed by atoms with E-state index in [0.29, 0.717) is 16.9 Å². The Morgan fingerprint density at radius 2 is 2.04 bits per heavy atom. The summed E-state index contributed by atoms with van der Waals surface area (Å²) in [6.07, 6.45) is 1.73. The molecule has 0 atom stereocenters. The van der Waals surface area contributed by atoms with Gasteiger partial charge in [-0.25, -0.2) is 9.78 Å². The minimum absolute atomic E-state index is 0.0383. The quantitative estimate of drug-likeness (QED) is 0.483. The Labute approximate surface area is 146 Å². The van der Waals surface area contributed by atoms with E-state index in [4.69, 9.17) is 4.74 Å². The van der Waals surface area contributed by atoms with Crippen molar-refractivity contribution >= 4 is 34.2 Å². The summed E-state index contributed by atoms with van der Waals surface area (Å²) in [4.78, 5) is 28.5. The van der Waals surface area contributed by atoms with Crippen molar-refractivity contribution in [3.8, 4) is 0 Å². The maximum absolute atomic E-state index is 12.1. The predicted molar refractivity (Wildman–Crippen MR) is 94.5 cm³/mol.